The van der Waals surface area contributed by atoms with E-state index in [1.165, 1.54) is 17.0 Å². The molecule has 34 heavy (non-hydrogen) atoms. The quantitative estimate of drug-likeness (QED) is 0.351. The minimum atomic E-state index is -0.752. The molecule has 180 valence electrons. The van der Waals surface area contributed by atoms with Crippen LogP contribution in [0.2, 0.25) is 0 Å². The second kappa shape index (κ2) is 10.7. The summed E-state index contributed by atoms with van der Waals surface area (Å²) in [4.78, 5) is 29.9. The first kappa shape index (κ1) is 23.8. The molecule has 0 spiro atoms. The highest BCUT2D eigenvalue weighted by molar-refractivity contribution is 6.46. The Labute approximate surface area is 199 Å². The number of phenolic OH excluding ortho intramolecular Hbond substituents is 1. The number of hydrogen-bond acceptors (Lipinski definition) is 7. The van der Waals surface area contributed by atoms with Crippen LogP contribution in [-0.4, -0.2) is 77.7 Å². The minimum absolute atomic E-state index is 0.0416. The van der Waals surface area contributed by atoms with E-state index in [2.05, 4.69) is 4.90 Å². The molecular formula is C26H30N2O6. The van der Waals surface area contributed by atoms with Gasteiger partial charge in [0.2, 0.25) is 0 Å². The molecule has 2 heterocycles. The van der Waals surface area contributed by atoms with E-state index in [0.29, 0.717) is 49.8 Å². The molecule has 2 aliphatic heterocycles. The number of carbonyl (C=O) groups is 2. The zero-order valence-corrected chi connectivity index (χ0v) is 19.3. The largest absolute Gasteiger partial charge is 0.508 e. The van der Waals surface area contributed by atoms with Gasteiger partial charge in [-0.2, -0.15) is 0 Å². The lowest BCUT2D eigenvalue weighted by Gasteiger charge is -2.31. The second-order valence-corrected chi connectivity index (χ2v) is 8.41. The van der Waals surface area contributed by atoms with E-state index in [9.17, 15) is 19.8 Å². The first-order chi connectivity index (χ1) is 16.5. The van der Waals surface area contributed by atoms with Gasteiger partial charge < -0.3 is 24.6 Å². The molecule has 4 rings (SSSR count). The number of rotatable bonds is 8. The van der Waals surface area contributed by atoms with Gasteiger partial charge in [0.25, 0.3) is 11.7 Å². The summed E-state index contributed by atoms with van der Waals surface area (Å²) in [5.74, 6) is -0.844. The van der Waals surface area contributed by atoms with Crippen molar-refractivity contribution in [2.75, 3.05) is 46.0 Å². The number of hydrogen-bond donors (Lipinski definition) is 2. The molecule has 1 atom stereocenters. The number of Topliss-reactive ketones (excluding diaryl/α,β-unsaturated/α-hetero) is 1. The highest BCUT2D eigenvalue weighted by Gasteiger charge is 2.46. The molecule has 8 nitrogen and oxygen atoms in total. The van der Waals surface area contributed by atoms with Gasteiger partial charge >= 0.3 is 0 Å². The van der Waals surface area contributed by atoms with Crippen molar-refractivity contribution in [2.45, 2.75) is 19.4 Å². The van der Waals surface area contributed by atoms with Crippen molar-refractivity contribution in [1.29, 1.82) is 0 Å². The van der Waals surface area contributed by atoms with Crippen LogP contribution in [0.15, 0.2) is 54.1 Å². The van der Waals surface area contributed by atoms with E-state index in [0.717, 1.165) is 19.5 Å². The van der Waals surface area contributed by atoms with Crippen molar-refractivity contribution < 1.29 is 29.3 Å². The van der Waals surface area contributed by atoms with Crippen LogP contribution in [0.5, 0.6) is 11.5 Å². The summed E-state index contributed by atoms with van der Waals surface area (Å²) in [6.07, 6.45) is 0.877. The van der Waals surface area contributed by atoms with E-state index >= 15 is 0 Å². The lowest BCUT2D eigenvalue weighted by molar-refractivity contribution is -0.140. The average Bonchev–Trinajstić information content (AvgIpc) is 3.12. The molecule has 2 aliphatic rings. The van der Waals surface area contributed by atoms with Crippen LogP contribution in [0.1, 0.15) is 30.5 Å². The van der Waals surface area contributed by atoms with Gasteiger partial charge in [-0.05, 0) is 48.4 Å². The lowest BCUT2D eigenvalue weighted by Crippen LogP contribution is -2.42. The first-order valence-electron chi connectivity index (χ1n) is 11.6. The molecule has 2 N–H and O–H groups in total. The van der Waals surface area contributed by atoms with Gasteiger partial charge in [0.05, 0.1) is 31.4 Å². The number of ketones is 1. The number of ether oxygens (including phenoxy) is 2. The van der Waals surface area contributed by atoms with Crippen LogP contribution in [0.3, 0.4) is 0 Å². The highest BCUT2D eigenvalue weighted by Crippen LogP contribution is 2.39. The van der Waals surface area contributed by atoms with Crippen LogP contribution >= 0.6 is 0 Å². The van der Waals surface area contributed by atoms with Crippen LogP contribution in [0, 0.1) is 0 Å². The molecule has 2 aromatic carbocycles. The third kappa shape index (κ3) is 5.08. The zero-order valence-electron chi connectivity index (χ0n) is 19.3. The smallest absolute Gasteiger partial charge is 0.295 e. The number of amides is 1. The predicted octanol–water partition coefficient (Wildman–Crippen LogP) is 2.93. The van der Waals surface area contributed by atoms with Crippen molar-refractivity contribution in [3.8, 4) is 11.5 Å². The number of aliphatic hydroxyl groups is 1. The van der Waals surface area contributed by atoms with E-state index in [4.69, 9.17) is 9.47 Å². The van der Waals surface area contributed by atoms with Crippen LogP contribution < -0.4 is 4.74 Å². The topological polar surface area (TPSA) is 99.5 Å². The molecule has 0 bridgehead atoms. The number of nitrogens with zero attached hydrogens (tertiary/aromatic N) is 2. The highest BCUT2D eigenvalue weighted by atomic mass is 16.5. The van der Waals surface area contributed by atoms with Crippen LogP contribution in [0.25, 0.3) is 5.76 Å². The molecule has 0 aromatic heterocycles. The van der Waals surface area contributed by atoms with E-state index < -0.39 is 17.7 Å². The van der Waals surface area contributed by atoms with Crippen molar-refractivity contribution in [3.63, 3.8) is 0 Å². The summed E-state index contributed by atoms with van der Waals surface area (Å²) in [5.41, 5.74) is 1.11. The molecule has 8 heteroatoms. The minimum Gasteiger partial charge on any atom is -0.508 e. The summed E-state index contributed by atoms with van der Waals surface area (Å²) in [6, 6.07) is 12.4. The number of phenols is 1. The van der Waals surface area contributed by atoms with Gasteiger partial charge in [-0.25, -0.2) is 0 Å². The number of morpholine rings is 1. The molecule has 2 aromatic rings. The maximum atomic E-state index is 13.1. The van der Waals surface area contributed by atoms with Gasteiger partial charge in [-0.3, -0.25) is 14.5 Å². The third-order valence-corrected chi connectivity index (χ3v) is 6.11. The maximum Gasteiger partial charge on any atom is 0.295 e. The fraction of sp³-hybridized carbons (Fsp3) is 0.385. The first-order valence-corrected chi connectivity index (χ1v) is 11.6. The Morgan fingerprint density at radius 2 is 1.71 bits per heavy atom. The standard InChI is InChI=1S/C26H30N2O6/c1-2-15-34-21-9-5-19(6-10-21)24(30)22-23(18-3-7-20(29)8-4-18)28(26(32)25(22)31)12-11-27-13-16-33-17-14-27/h3-10,23,29-30H,2,11-17H2,1H3/t23-/m0/s1. The fourth-order valence-electron chi connectivity index (χ4n) is 4.27. The van der Waals surface area contributed by atoms with Gasteiger partial charge in [-0.1, -0.05) is 19.1 Å². The Morgan fingerprint density at radius 3 is 2.35 bits per heavy atom. The molecular weight excluding hydrogens is 436 g/mol. The van der Waals surface area contributed by atoms with Gasteiger partial charge in [0, 0.05) is 31.7 Å². The number of aliphatic hydroxyl groups excluding tert-OH is 1. The van der Waals surface area contributed by atoms with Gasteiger partial charge in [0.1, 0.15) is 17.3 Å². The summed E-state index contributed by atoms with van der Waals surface area (Å²) >= 11 is 0. The number of likely N-dealkylation sites (tertiary alicyclic amines) is 1. The van der Waals surface area contributed by atoms with E-state index in [1.807, 2.05) is 6.92 Å². The number of benzene rings is 2. The van der Waals surface area contributed by atoms with Crippen molar-refractivity contribution in [3.05, 3.63) is 65.2 Å². The predicted molar refractivity (Wildman–Crippen MR) is 127 cm³/mol. The number of carbonyl (C=O) groups excluding carboxylic acids is 2. The molecule has 0 unspecified atom stereocenters. The van der Waals surface area contributed by atoms with Crippen LogP contribution in [-0.2, 0) is 14.3 Å². The molecule has 1 amide bonds. The van der Waals surface area contributed by atoms with Crippen molar-refractivity contribution >= 4 is 17.4 Å². The van der Waals surface area contributed by atoms with Crippen LogP contribution in [0.4, 0.5) is 0 Å². The molecule has 0 saturated carbocycles. The summed E-state index contributed by atoms with van der Waals surface area (Å²) in [7, 11) is 0. The zero-order chi connectivity index (χ0) is 24.1. The van der Waals surface area contributed by atoms with E-state index in [1.54, 1.807) is 36.4 Å². The Bertz CT molecular complexity index is 1040. The molecule has 0 aliphatic carbocycles. The van der Waals surface area contributed by atoms with Crippen molar-refractivity contribution in [1.82, 2.24) is 9.80 Å². The molecule has 2 fully saturated rings. The molecule has 0 radical (unpaired) electrons. The summed E-state index contributed by atoms with van der Waals surface area (Å²) in [5, 5.41) is 20.9. The lowest BCUT2D eigenvalue weighted by atomic mass is 9.95. The summed E-state index contributed by atoms with van der Waals surface area (Å²) < 4.78 is 11.0. The third-order valence-electron chi connectivity index (χ3n) is 6.11. The second-order valence-electron chi connectivity index (χ2n) is 8.41. The molecule has 2 saturated heterocycles. The average molecular weight is 467 g/mol. The summed E-state index contributed by atoms with van der Waals surface area (Å²) in [6.45, 7) is 6.32. The Kier molecular flexibility index (Phi) is 7.49. The van der Waals surface area contributed by atoms with Gasteiger partial charge in [-0.15, -0.1) is 0 Å². The Morgan fingerprint density at radius 1 is 1.03 bits per heavy atom. The monoisotopic (exact) mass is 466 g/mol. The maximum absolute atomic E-state index is 13.1. The number of aromatic hydroxyl groups is 1. The Balaban J connectivity index is 1.67. The van der Waals surface area contributed by atoms with E-state index in [-0.39, 0.29) is 17.1 Å². The van der Waals surface area contributed by atoms with Gasteiger partial charge in [0.15, 0.2) is 0 Å². The Hall–Kier alpha value is -3.36. The SMILES string of the molecule is CCCOc1ccc(C(O)=C2C(=O)C(=O)N(CCN3CCOCC3)[C@H]2c2ccc(O)cc2)cc1. The fourth-order valence-corrected chi connectivity index (χ4v) is 4.27. The van der Waals surface area contributed by atoms with Crippen molar-refractivity contribution in [2.24, 2.45) is 0 Å². The normalized spacial score (nSPS) is 20.6.